The van der Waals surface area contributed by atoms with Gasteiger partial charge in [-0.25, -0.2) is 0 Å². The number of benzene rings is 1. The molecule has 0 aromatic heterocycles. The van der Waals surface area contributed by atoms with Crippen LogP contribution in [-0.4, -0.2) is 12.9 Å². The summed E-state index contributed by atoms with van der Waals surface area (Å²) in [7, 11) is 1.68. The van der Waals surface area contributed by atoms with Crippen LogP contribution in [-0.2, 0) is 0 Å². The lowest BCUT2D eigenvalue weighted by Gasteiger charge is -2.10. The highest BCUT2D eigenvalue weighted by Gasteiger charge is 1.98. The minimum atomic E-state index is 0.523. The predicted octanol–water partition coefficient (Wildman–Crippen LogP) is 2.61. The molecule has 0 aliphatic carbocycles. The van der Waals surface area contributed by atoms with Crippen molar-refractivity contribution in [3.8, 4) is 0 Å². The van der Waals surface area contributed by atoms with Gasteiger partial charge in [-0.3, -0.25) is 4.99 Å². The predicted molar refractivity (Wildman–Crippen MR) is 70.8 cm³/mol. The van der Waals surface area contributed by atoms with Gasteiger partial charge < -0.3 is 11.1 Å². The molecule has 3 N–H and O–H groups in total. The highest BCUT2D eigenvalue weighted by molar-refractivity contribution is 5.92. The van der Waals surface area contributed by atoms with E-state index in [2.05, 4.69) is 42.4 Å². The van der Waals surface area contributed by atoms with Crippen molar-refractivity contribution in [2.24, 2.45) is 10.7 Å². The fraction of sp³-hybridized carbons (Fsp3) is 0.308. The fourth-order valence-corrected chi connectivity index (χ4v) is 1.41. The van der Waals surface area contributed by atoms with Crippen LogP contribution in [0.15, 0.2) is 35.0 Å². The van der Waals surface area contributed by atoms with E-state index >= 15 is 0 Å². The molecular formula is C13H19N3. The molecule has 0 aliphatic heterocycles. The summed E-state index contributed by atoms with van der Waals surface area (Å²) in [6.45, 7) is 6.12. The van der Waals surface area contributed by atoms with Gasteiger partial charge in [0, 0.05) is 18.4 Å². The molecule has 0 bridgehead atoms. The highest BCUT2D eigenvalue weighted by Crippen LogP contribution is 2.17. The summed E-state index contributed by atoms with van der Waals surface area (Å²) < 4.78 is 0. The van der Waals surface area contributed by atoms with Crippen molar-refractivity contribution in [3.05, 3.63) is 41.1 Å². The highest BCUT2D eigenvalue weighted by atomic mass is 14.9. The molecule has 0 saturated carbocycles. The lowest BCUT2D eigenvalue weighted by Crippen LogP contribution is -2.10. The molecule has 86 valence electrons. The number of nitrogens with two attached hydrogens (primary N) is 1. The third kappa shape index (κ3) is 3.42. The van der Waals surface area contributed by atoms with E-state index in [4.69, 9.17) is 5.73 Å². The van der Waals surface area contributed by atoms with Gasteiger partial charge in [0.25, 0.3) is 0 Å². The summed E-state index contributed by atoms with van der Waals surface area (Å²) in [4.78, 5) is 3.89. The van der Waals surface area contributed by atoms with Gasteiger partial charge in [-0.1, -0.05) is 12.1 Å². The van der Waals surface area contributed by atoms with E-state index in [9.17, 15) is 0 Å². The maximum absolute atomic E-state index is 5.63. The summed E-state index contributed by atoms with van der Waals surface area (Å²) in [5, 5.41) is 3.32. The second-order valence-corrected chi connectivity index (χ2v) is 3.92. The van der Waals surface area contributed by atoms with E-state index in [1.165, 1.54) is 11.1 Å². The molecule has 0 amide bonds. The van der Waals surface area contributed by atoms with Gasteiger partial charge in [0.05, 0.1) is 0 Å². The van der Waals surface area contributed by atoms with Crippen molar-refractivity contribution >= 4 is 11.5 Å². The van der Waals surface area contributed by atoms with Crippen LogP contribution in [0.25, 0.3) is 0 Å². The number of anilines is 1. The van der Waals surface area contributed by atoms with Crippen molar-refractivity contribution in [2.45, 2.75) is 20.8 Å². The molecule has 1 aromatic carbocycles. The largest absolute Gasteiger partial charge is 0.384 e. The van der Waals surface area contributed by atoms with E-state index in [0.717, 1.165) is 11.4 Å². The van der Waals surface area contributed by atoms with Crippen LogP contribution in [0.1, 0.15) is 18.1 Å². The molecule has 0 spiro atoms. The van der Waals surface area contributed by atoms with E-state index in [1.54, 1.807) is 7.05 Å². The van der Waals surface area contributed by atoms with Crippen LogP contribution in [0.4, 0.5) is 5.69 Å². The van der Waals surface area contributed by atoms with Crippen LogP contribution in [0.2, 0.25) is 0 Å². The van der Waals surface area contributed by atoms with E-state index in [1.807, 2.05) is 13.0 Å². The summed E-state index contributed by atoms with van der Waals surface area (Å²) in [5.74, 6) is 0.523. The summed E-state index contributed by atoms with van der Waals surface area (Å²) >= 11 is 0. The van der Waals surface area contributed by atoms with Gasteiger partial charge in [-0.15, -0.1) is 0 Å². The Bertz CT molecular complexity index is 431. The monoisotopic (exact) mass is 217 g/mol. The Morgan fingerprint density at radius 3 is 2.69 bits per heavy atom. The lowest BCUT2D eigenvalue weighted by atomic mass is 10.1. The number of amidine groups is 1. The number of nitrogens with one attached hydrogen (secondary N) is 1. The molecule has 3 nitrogen and oxygen atoms in total. The van der Waals surface area contributed by atoms with Crippen molar-refractivity contribution in [1.29, 1.82) is 0 Å². The first-order valence-corrected chi connectivity index (χ1v) is 5.27. The zero-order valence-electron chi connectivity index (χ0n) is 10.3. The van der Waals surface area contributed by atoms with Crippen LogP contribution in [0.5, 0.6) is 0 Å². The maximum atomic E-state index is 5.63. The minimum Gasteiger partial charge on any atom is -0.384 e. The third-order valence-electron chi connectivity index (χ3n) is 2.35. The molecule has 3 heteroatoms. The molecule has 0 radical (unpaired) electrons. The molecule has 0 fully saturated rings. The third-order valence-corrected chi connectivity index (χ3v) is 2.35. The first-order valence-electron chi connectivity index (χ1n) is 5.27. The van der Waals surface area contributed by atoms with Gasteiger partial charge >= 0.3 is 0 Å². The summed E-state index contributed by atoms with van der Waals surface area (Å²) in [6.07, 6.45) is 1.82. The van der Waals surface area contributed by atoms with Crippen molar-refractivity contribution in [2.75, 3.05) is 12.4 Å². The Labute approximate surface area is 97.1 Å². The number of aryl methyl sites for hydroxylation is 2. The van der Waals surface area contributed by atoms with Gasteiger partial charge in [0.15, 0.2) is 0 Å². The number of rotatable bonds is 3. The first kappa shape index (κ1) is 12.3. The van der Waals surface area contributed by atoms with E-state index in [0.29, 0.717) is 5.84 Å². The Morgan fingerprint density at radius 1 is 1.38 bits per heavy atom. The smallest absolute Gasteiger partial charge is 0.119 e. The zero-order valence-corrected chi connectivity index (χ0v) is 10.3. The van der Waals surface area contributed by atoms with Gasteiger partial charge in [-0.05, 0) is 44.0 Å². The molecule has 0 aliphatic rings. The van der Waals surface area contributed by atoms with Gasteiger partial charge in [0.2, 0.25) is 0 Å². The average Bonchev–Trinajstić information content (AvgIpc) is 2.23. The molecule has 0 unspecified atom stereocenters. The number of hydrogen-bond donors (Lipinski definition) is 2. The lowest BCUT2D eigenvalue weighted by molar-refractivity contribution is 1.31. The Hall–Kier alpha value is -1.77. The van der Waals surface area contributed by atoms with Crippen LogP contribution in [0, 0.1) is 13.8 Å². The zero-order chi connectivity index (χ0) is 12.1. The maximum Gasteiger partial charge on any atom is 0.119 e. The molecule has 0 heterocycles. The Kier molecular flexibility index (Phi) is 4.11. The quantitative estimate of drug-likeness (QED) is 0.604. The standard InChI is InChI=1S/C13H19N3/c1-9-5-6-10(2)12(7-9)16-11(3)8-13(14)15-4/h5-8,16H,1-4H3,(H2,14,15)/b11-8-. The van der Waals surface area contributed by atoms with Crippen LogP contribution >= 0.6 is 0 Å². The fourth-order valence-electron chi connectivity index (χ4n) is 1.41. The van der Waals surface area contributed by atoms with Crippen LogP contribution < -0.4 is 11.1 Å². The number of nitrogens with zero attached hydrogens (tertiary/aromatic N) is 1. The molecular weight excluding hydrogens is 198 g/mol. The number of hydrogen-bond acceptors (Lipinski definition) is 2. The SMILES string of the molecule is CN=C(N)/C=C(/C)Nc1cc(C)ccc1C. The topological polar surface area (TPSA) is 50.4 Å². The molecule has 0 saturated heterocycles. The van der Waals surface area contributed by atoms with Crippen LogP contribution in [0.3, 0.4) is 0 Å². The average molecular weight is 217 g/mol. The van der Waals surface area contributed by atoms with Crippen molar-refractivity contribution in [1.82, 2.24) is 0 Å². The normalized spacial score (nSPS) is 12.8. The van der Waals surface area contributed by atoms with E-state index in [-0.39, 0.29) is 0 Å². The molecule has 0 atom stereocenters. The Morgan fingerprint density at radius 2 is 2.06 bits per heavy atom. The van der Waals surface area contributed by atoms with E-state index < -0.39 is 0 Å². The second kappa shape index (κ2) is 5.35. The van der Waals surface area contributed by atoms with Crippen molar-refractivity contribution < 1.29 is 0 Å². The number of allylic oxidation sites excluding steroid dienone is 1. The van der Waals surface area contributed by atoms with Gasteiger partial charge in [0.1, 0.15) is 5.84 Å². The Balaban J connectivity index is 2.88. The summed E-state index contributed by atoms with van der Waals surface area (Å²) in [5.41, 5.74) is 10.2. The van der Waals surface area contributed by atoms with Crippen molar-refractivity contribution in [3.63, 3.8) is 0 Å². The first-order chi connectivity index (χ1) is 7.52. The minimum absolute atomic E-state index is 0.523. The summed E-state index contributed by atoms with van der Waals surface area (Å²) in [6, 6.07) is 6.32. The molecule has 1 aromatic rings. The second-order valence-electron chi connectivity index (χ2n) is 3.92. The molecule has 1 rings (SSSR count). The molecule has 16 heavy (non-hydrogen) atoms. The number of aliphatic imine (C=N–C) groups is 1. The van der Waals surface area contributed by atoms with Gasteiger partial charge in [-0.2, -0.15) is 0 Å².